The van der Waals surface area contributed by atoms with Gasteiger partial charge in [-0.3, -0.25) is 0 Å². The zero-order valence-corrected chi connectivity index (χ0v) is 11.6. The minimum atomic E-state index is -3.80. The summed E-state index contributed by atoms with van der Waals surface area (Å²) in [6, 6.07) is 4.19. The van der Waals surface area contributed by atoms with E-state index >= 15 is 0 Å². The average Bonchev–Trinajstić information content (AvgIpc) is 2.63. The molecule has 0 aliphatic carbocycles. The SMILES string of the molecule is O=C(O)c1ccc2c(c1)S(=O)(=O)N=C1CCCCCN12. The Morgan fingerprint density at radius 2 is 2.05 bits per heavy atom. The highest BCUT2D eigenvalue weighted by Crippen LogP contribution is 2.34. The first-order valence-corrected chi connectivity index (χ1v) is 7.92. The van der Waals surface area contributed by atoms with Crippen LogP contribution in [-0.4, -0.2) is 31.9 Å². The quantitative estimate of drug-likeness (QED) is 0.854. The molecule has 1 N–H and O–H groups in total. The van der Waals surface area contributed by atoms with Crippen molar-refractivity contribution >= 4 is 27.5 Å². The number of fused-ring (bicyclic) bond motifs is 3. The number of carbonyl (C=O) groups is 1. The smallest absolute Gasteiger partial charge is 0.335 e. The third-order valence-electron chi connectivity index (χ3n) is 3.59. The molecule has 0 atom stereocenters. The largest absolute Gasteiger partial charge is 0.478 e. The summed E-state index contributed by atoms with van der Waals surface area (Å²) in [4.78, 5) is 12.9. The van der Waals surface area contributed by atoms with Gasteiger partial charge in [-0.2, -0.15) is 8.42 Å². The number of anilines is 1. The molecule has 0 radical (unpaired) electrons. The summed E-state index contributed by atoms with van der Waals surface area (Å²) in [5, 5.41) is 8.99. The van der Waals surface area contributed by atoms with Crippen molar-refractivity contribution in [1.29, 1.82) is 0 Å². The lowest BCUT2D eigenvalue weighted by molar-refractivity contribution is 0.0696. The predicted molar refractivity (Wildman–Crippen MR) is 73.8 cm³/mol. The van der Waals surface area contributed by atoms with E-state index in [-0.39, 0.29) is 10.5 Å². The minimum absolute atomic E-state index is 0.0111. The molecule has 3 rings (SSSR count). The van der Waals surface area contributed by atoms with Gasteiger partial charge < -0.3 is 10.0 Å². The van der Waals surface area contributed by atoms with Gasteiger partial charge in [0.2, 0.25) is 0 Å². The maximum absolute atomic E-state index is 12.2. The number of hydrogen-bond acceptors (Lipinski definition) is 4. The lowest BCUT2D eigenvalue weighted by Gasteiger charge is -2.29. The number of hydrogen-bond donors (Lipinski definition) is 1. The Hall–Kier alpha value is -1.89. The van der Waals surface area contributed by atoms with Crippen molar-refractivity contribution in [3.05, 3.63) is 23.8 Å². The second kappa shape index (κ2) is 4.59. The van der Waals surface area contributed by atoms with Crippen LogP contribution in [0.25, 0.3) is 0 Å². The normalized spacial score (nSPS) is 20.4. The number of benzene rings is 1. The lowest BCUT2D eigenvalue weighted by Crippen LogP contribution is -2.35. The number of sulfonamides is 1. The Kier molecular flexibility index (Phi) is 3.01. The van der Waals surface area contributed by atoms with Crippen molar-refractivity contribution in [1.82, 2.24) is 0 Å². The highest BCUT2D eigenvalue weighted by molar-refractivity contribution is 7.90. The van der Waals surface area contributed by atoms with Crippen LogP contribution >= 0.6 is 0 Å². The summed E-state index contributed by atoms with van der Waals surface area (Å²) in [5.41, 5.74) is 0.502. The predicted octanol–water partition coefficient (Wildman–Crippen LogP) is 1.87. The summed E-state index contributed by atoms with van der Waals surface area (Å²) in [6.07, 6.45) is 3.57. The van der Waals surface area contributed by atoms with Crippen molar-refractivity contribution in [3.63, 3.8) is 0 Å². The first-order valence-electron chi connectivity index (χ1n) is 6.48. The third kappa shape index (κ3) is 2.07. The maximum atomic E-state index is 12.2. The minimum Gasteiger partial charge on any atom is -0.478 e. The summed E-state index contributed by atoms with van der Waals surface area (Å²) in [5.74, 6) is -0.577. The van der Waals surface area contributed by atoms with Crippen LogP contribution in [0.5, 0.6) is 0 Å². The number of rotatable bonds is 1. The van der Waals surface area contributed by atoms with E-state index in [1.54, 1.807) is 6.07 Å². The van der Waals surface area contributed by atoms with Crippen LogP contribution in [0.3, 0.4) is 0 Å². The zero-order valence-electron chi connectivity index (χ0n) is 10.7. The molecule has 0 bridgehead atoms. The monoisotopic (exact) mass is 294 g/mol. The van der Waals surface area contributed by atoms with Crippen LogP contribution in [0.2, 0.25) is 0 Å². The van der Waals surface area contributed by atoms with Gasteiger partial charge in [0.15, 0.2) is 0 Å². The summed E-state index contributed by atoms with van der Waals surface area (Å²) in [7, 11) is -3.80. The maximum Gasteiger partial charge on any atom is 0.335 e. The van der Waals surface area contributed by atoms with Crippen LogP contribution in [0.1, 0.15) is 36.0 Å². The van der Waals surface area contributed by atoms with Crippen molar-refractivity contribution in [3.8, 4) is 0 Å². The molecule has 20 heavy (non-hydrogen) atoms. The van der Waals surface area contributed by atoms with Gasteiger partial charge >= 0.3 is 5.97 Å². The van der Waals surface area contributed by atoms with Gasteiger partial charge in [0.05, 0.1) is 11.3 Å². The fraction of sp³-hybridized carbons (Fsp3) is 0.385. The third-order valence-corrected chi connectivity index (χ3v) is 4.93. The van der Waals surface area contributed by atoms with Gasteiger partial charge in [-0.25, -0.2) is 4.79 Å². The molecule has 106 valence electrons. The van der Waals surface area contributed by atoms with Gasteiger partial charge in [0, 0.05) is 13.0 Å². The molecule has 1 aromatic carbocycles. The van der Waals surface area contributed by atoms with Gasteiger partial charge in [-0.1, -0.05) is 6.42 Å². The molecular formula is C13H14N2O4S. The Labute approximate surface area is 116 Å². The molecule has 1 aromatic rings. The van der Waals surface area contributed by atoms with E-state index in [1.807, 2.05) is 4.90 Å². The second-order valence-electron chi connectivity index (χ2n) is 4.93. The molecule has 2 aliphatic heterocycles. The van der Waals surface area contributed by atoms with E-state index in [9.17, 15) is 13.2 Å². The van der Waals surface area contributed by atoms with Crippen LogP contribution in [0, 0.1) is 0 Å². The molecule has 0 spiro atoms. The number of aromatic carboxylic acids is 1. The van der Waals surface area contributed by atoms with Gasteiger partial charge in [-0.15, -0.1) is 4.40 Å². The number of amidine groups is 1. The lowest BCUT2D eigenvalue weighted by atomic mass is 10.2. The van der Waals surface area contributed by atoms with Crippen molar-refractivity contribution in [2.75, 3.05) is 11.4 Å². The Bertz CT molecular complexity index is 709. The van der Waals surface area contributed by atoms with Crippen LogP contribution in [0.15, 0.2) is 27.5 Å². The Morgan fingerprint density at radius 1 is 1.25 bits per heavy atom. The van der Waals surface area contributed by atoms with Crippen LogP contribution in [-0.2, 0) is 10.0 Å². The molecule has 0 unspecified atom stereocenters. The van der Waals surface area contributed by atoms with Crippen molar-refractivity contribution in [2.24, 2.45) is 4.40 Å². The van der Waals surface area contributed by atoms with Gasteiger partial charge in [-0.05, 0) is 31.0 Å². The van der Waals surface area contributed by atoms with E-state index in [0.29, 0.717) is 24.5 Å². The second-order valence-corrected chi connectivity index (χ2v) is 6.51. The topological polar surface area (TPSA) is 87.0 Å². The number of carboxylic acid groups (broad SMARTS) is 1. The molecule has 2 aliphatic rings. The van der Waals surface area contributed by atoms with Crippen molar-refractivity contribution in [2.45, 2.75) is 30.6 Å². The highest BCUT2D eigenvalue weighted by Gasteiger charge is 2.32. The molecule has 7 heteroatoms. The Balaban J connectivity index is 2.19. The van der Waals surface area contributed by atoms with Crippen molar-refractivity contribution < 1.29 is 18.3 Å². The van der Waals surface area contributed by atoms with Crippen LogP contribution < -0.4 is 4.90 Å². The molecule has 0 aromatic heterocycles. The van der Waals surface area contributed by atoms with Gasteiger partial charge in [0.25, 0.3) is 10.0 Å². The molecule has 6 nitrogen and oxygen atoms in total. The summed E-state index contributed by atoms with van der Waals surface area (Å²) >= 11 is 0. The average molecular weight is 294 g/mol. The standard InChI is InChI=1S/C13H14N2O4S/c16-13(17)9-5-6-10-11(8-9)20(18,19)14-12-4-2-1-3-7-15(10)12/h5-6,8H,1-4,7H2,(H,16,17). The number of nitrogens with zero attached hydrogens (tertiary/aromatic N) is 2. The highest BCUT2D eigenvalue weighted by atomic mass is 32.2. The molecule has 1 fully saturated rings. The Morgan fingerprint density at radius 3 is 2.80 bits per heavy atom. The molecule has 1 saturated heterocycles. The fourth-order valence-electron chi connectivity index (χ4n) is 2.61. The van der Waals surface area contributed by atoms with E-state index in [0.717, 1.165) is 19.3 Å². The van der Waals surface area contributed by atoms with E-state index < -0.39 is 16.0 Å². The summed E-state index contributed by atoms with van der Waals surface area (Å²) < 4.78 is 28.3. The first-order chi connectivity index (χ1) is 9.49. The first kappa shape index (κ1) is 13.1. The molecule has 0 amide bonds. The van der Waals surface area contributed by atoms with E-state index in [2.05, 4.69) is 4.40 Å². The zero-order chi connectivity index (χ0) is 14.3. The molecule has 2 heterocycles. The van der Waals surface area contributed by atoms with E-state index in [4.69, 9.17) is 5.11 Å². The summed E-state index contributed by atoms with van der Waals surface area (Å²) in [6.45, 7) is 0.716. The molecule has 0 saturated carbocycles. The molecular weight excluding hydrogens is 280 g/mol. The number of carboxylic acids is 1. The fourth-order valence-corrected chi connectivity index (χ4v) is 3.90. The van der Waals surface area contributed by atoms with Crippen LogP contribution in [0.4, 0.5) is 5.69 Å². The van der Waals surface area contributed by atoms with E-state index in [1.165, 1.54) is 12.1 Å². The van der Waals surface area contributed by atoms with Gasteiger partial charge in [0.1, 0.15) is 10.7 Å².